The fraction of sp³-hybridized carbons (Fsp3) is 0.500. The van der Waals surface area contributed by atoms with Gasteiger partial charge in [-0.25, -0.2) is 0 Å². The van der Waals surface area contributed by atoms with E-state index >= 15 is 0 Å². The number of hydrogen-bond acceptors (Lipinski definition) is 3. The monoisotopic (exact) mass is 285 g/mol. The van der Waals surface area contributed by atoms with Crippen LogP contribution in [0.4, 0.5) is 0 Å². The van der Waals surface area contributed by atoms with Gasteiger partial charge in [0.05, 0.1) is 11.1 Å². The maximum absolute atomic E-state index is 11.9. The molecule has 1 aromatic rings. The Labute approximate surface area is 118 Å². The van der Waals surface area contributed by atoms with Gasteiger partial charge >= 0.3 is 0 Å². The number of hydrogen-bond donors (Lipinski definition) is 2. The Morgan fingerprint density at radius 3 is 2.58 bits per heavy atom. The summed E-state index contributed by atoms with van der Waals surface area (Å²) in [6, 6.07) is 4.36. The SMILES string of the molecule is COC(CNC(=O)c1ccc(O)c(Cl)c1)C(C)(C)C. The summed E-state index contributed by atoms with van der Waals surface area (Å²) in [7, 11) is 1.62. The van der Waals surface area contributed by atoms with Gasteiger partial charge in [-0.05, 0) is 23.6 Å². The predicted molar refractivity (Wildman–Crippen MR) is 75.7 cm³/mol. The van der Waals surface area contributed by atoms with Crippen LogP contribution in [0.3, 0.4) is 0 Å². The second kappa shape index (κ2) is 6.26. The average Bonchev–Trinajstić information content (AvgIpc) is 2.31. The maximum Gasteiger partial charge on any atom is 0.251 e. The molecule has 4 nitrogen and oxygen atoms in total. The molecule has 0 aliphatic rings. The molecule has 2 N–H and O–H groups in total. The number of benzene rings is 1. The second-order valence-corrected chi connectivity index (χ2v) is 5.87. The first-order chi connectivity index (χ1) is 8.75. The van der Waals surface area contributed by atoms with Crippen molar-refractivity contribution in [2.45, 2.75) is 26.9 Å². The molecule has 0 fully saturated rings. The molecule has 19 heavy (non-hydrogen) atoms. The fourth-order valence-electron chi connectivity index (χ4n) is 1.68. The summed E-state index contributed by atoms with van der Waals surface area (Å²) in [6.07, 6.45) is -0.0796. The molecule has 0 aliphatic carbocycles. The molecule has 0 spiro atoms. The van der Waals surface area contributed by atoms with Crippen molar-refractivity contribution in [3.63, 3.8) is 0 Å². The third kappa shape index (κ3) is 4.40. The summed E-state index contributed by atoms with van der Waals surface area (Å²) >= 11 is 5.77. The number of phenols is 1. The van der Waals surface area contributed by atoms with Gasteiger partial charge in [0.1, 0.15) is 5.75 Å². The highest BCUT2D eigenvalue weighted by Gasteiger charge is 2.24. The van der Waals surface area contributed by atoms with Crippen LogP contribution in [0.15, 0.2) is 18.2 Å². The Kier molecular flexibility index (Phi) is 5.20. The molecule has 1 aromatic carbocycles. The lowest BCUT2D eigenvalue weighted by molar-refractivity contribution is 0.0176. The van der Waals surface area contributed by atoms with E-state index in [0.717, 1.165) is 0 Å². The van der Waals surface area contributed by atoms with Crippen LogP contribution in [-0.2, 0) is 4.74 Å². The predicted octanol–water partition coefficient (Wildman–Crippen LogP) is 2.84. The summed E-state index contributed by atoms with van der Waals surface area (Å²) in [5.41, 5.74) is 0.348. The van der Waals surface area contributed by atoms with Crippen LogP contribution >= 0.6 is 11.6 Å². The average molecular weight is 286 g/mol. The Bertz CT molecular complexity index is 454. The first kappa shape index (κ1) is 15.8. The van der Waals surface area contributed by atoms with Crippen LogP contribution in [0.5, 0.6) is 5.75 Å². The number of ether oxygens (including phenoxy) is 1. The lowest BCUT2D eigenvalue weighted by atomic mass is 9.89. The molecule has 1 rings (SSSR count). The number of carbonyl (C=O) groups is 1. The van der Waals surface area contributed by atoms with E-state index in [0.29, 0.717) is 12.1 Å². The maximum atomic E-state index is 11.9. The molecule has 1 atom stereocenters. The van der Waals surface area contributed by atoms with E-state index in [9.17, 15) is 9.90 Å². The van der Waals surface area contributed by atoms with E-state index in [2.05, 4.69) is 5.32 Å². The first-order valence-corrected chi connectivity index (χ1v) is 6.43. The number of nitrogens with one attached hydrogen (secondary N) is 1. The van der Waals surface area contributed by atoms with Gasteiger partial charge in [-0.15, -0.1) is 0 Å². The van der Waals surface area contributed by atoms with Crippen LogP contribution in [0.2, 0.25) is 5.02 Å². The van der Waals surface area contributed by atoms with Crippen molar-refractivity contribution < 1.29 is 14.6 Å². The number of aromatic hydroxyl groups is 1. The van der Waals surface area contributed by atoms with Gasteiger partial charge in [0, 0.05) is 19.2 Å². The summed E-state index contributed by atoms with van der Waals surface area (Å²) in [6.45, 7) is 6.55. The van der Waals surface area contributed by atoms with Gasteiger partial charge in [0.2, 0.25) is 0 Å². The van der Waals surface area contributed by atoms with E-state index in [4.69, 9.17) is 16.3 Å². The minimum absolute atomic E-state index is 0.0392. The van der Waals surface area contributed by atoms with Gasteiger partial charge in [-0.3, -0.25) is 4.79 Å². The number of methoxy groups -OCH3 is 1. The van der Waals surface area contributed by atoms with E-state index < -0.39 is 0 Å². The highest BCUT2D eigenvalue weighted by atomic mass is 35.5. The molecule has 0 bridgehead atoms. The second-order valence-electron chi connectivity index (χ2n) is 5.47. The Morgan fingerprint density at radius 1 is 1.47 bits per heavy atom. The zero-order valence-electron chi connectivity index (χ0n) is 11.7. The number of amides is 1. The van der Waals surface area contributed by atoms with Gasteiger partial charge in [0.15, 0.2) is 0 Å². The van der Waals surface area contributed by atoms with Crippen LogP contribution < -0.4 is 5.32 Å². The molecule has 106 valence electrons. The van der Waals surface area contributed by atoms with Crippen molar-refractivity contribution in [1.29, 1.82) is 0 Å². The van der Waals surface area contributed by atoms with Crippen molar-refractivity contribution in [1.82, 2.24) is 5.32 Å². The van der Waals surface area contributed by atoms with Crippen LogP contribution in [-0.4, -0.2) is 30.8 Å². The van der Waals surface area contributed by atoms with Gasteiger partial charge < -0.3 is 15.2 Å². The Hall–Kier alpha value is -1.26. The first-order valence-electron chi connectivity index (χ1n) is 6.05. The molecule has 0 heterocycles. The topological polar surface area (TPSA) is 58.6 Å². The smallest absolute Gasteiger partial charge is 0.251 e. The highest BCUT2D eigenvalue weighted by Crippen LogP contribution is 2.24. The molecule has 0 aliphatic heterocycles. The van der Waals surface area contributed by atoms with Gasteiger partial charge in [0.25, 0.3) is 5.91 Å². The molecule has 0 saturated carbocycles. The Morgan fingerprint density at radius 2 is 2.11 bits per heavy atom. The summed E-state index contributed by atoms with van der Waals surface area (Å²) in [5.74, 6) is -0.282. The van der Waals surface area contributed by atoms with Crippen LogP contribution in [0.25, 0.3) is 0 Å². The summed E-state index contributed by atoms with van der Waals surface area (Å²) in [4.78, 5) is 11.9. The quantitative estimate of drug-likeness (QED) is 0.894. The lowest BCUT2D eigenvalue weighted by Crippen LogP contribution is -2.40. The molecule has 1 amide bonds. The number of rotatable bonds is 4. The zero-order chi connectivity index (χ0) is 14.6. The standard InChI is InChI=1S/C14H20ClNO3/c1-14(2,3)12(19-4)8-16-13(18)9-5-6-11(17)10(15)7-9/h5-7,12,17H,8H2,1-4H3,(H,16,18). The van der Waals surface area contributed by atoms with Crippen LogP contribution in [0, 0.1) is 5.41 Å². The highest BCUT2D eigenvalue weighted by molar-refractivity contribution is 6.32. The largest absolute Gasteiger partial charge is 0.506 e. The molecular weight excluding hydrogens is 266 g/mol. The van der Waals surface area contributed by atoms with Crippen molar-refractivity contribution >= 4 is 17.5 Å². The van der Waals surface area contributed by atoms with Crippen molar-refractivity contribution in [2.24, 2.45) is 5.41 Å². The summed E-state index contributed by atoms with van der Waals surface area (Å²) in [5, 5.41) is 12.3. The minimum Gasteiger partial charge on any atom is -0.506 e. The van der Waals surface area contributed by atoms with Crippen molar-refractivity contribution in [3.05, 3.63) is 28.8 Å². The molecule has 5 heteroatoms. The number of carbonyl (C=O) groups excluding carboxylic acids is 1. The number of phenolic OH excluding ortho intramolecular Hbond substituents is 1. The van der Waals surface area contributed by atoms with E-state index in [1.165, 1.54) is 18.2 Å². The van der Waals surface area contributed by atoms with Gasteiger partial charge in [-0.1, -0.05) is 32.4 Å². The van der Waals surface area contributed by atoms with Gasteiger partial charge in [-0.2, -0.15) is 0 Å². The fourth-order valence-corrected chi connectivity index (χ4v) is 1.86. The minimum atomic E-state index is -0.242. The molecule has 1 unspecified atom stereocenters. The summed E-state index contributed by atoms with van der Waals surface area (Å²) < 4.78 is 5.36. The van der Waals surface area contributed by atoms with E-state index in [1.807, 2.05) is 20.8 Å². The normalized spacial score (nSPS) is 13.1. The van der Waals surface area contributed by atoms with Crippen molar-refractivity contribution in [2.75, 3.05) is 13.7 Å². The molecule has 0 radical (unpaired) electrons. The van der Waals surface area contributed by atoms with E-state index in [-0.39, 0.29) is 28.2 Å². The molecule has 0 aromatic heterocycles. The van der Waals surface area contributed by atoms with Crippen LogP contribution in [0.1, 0.15) is 31.1 Å². The van der Waals surface area contributed by atoms with Crippen molar-refractivity contribution in [3.8, 4) is 5.75 Å². The van der Waals surface area contributed by atoms with E-state index in [1.54, 1.807) is 7.11 Å². The third-order valence-corrected chi connectivity index (χ3v) is 3.21. The zero-order valence-corrected chi connectivity index (χ0v) is 12.4. The number of halogens is 1. The Balaban J connectivity index is 2.67. The molecule has 0 saturated heterocycles. The third-order valence-electron chi connectivity index (χ3n) is 2.91. The molecular formula is C14H20ClNO3. The lowest BCUT2D eigenvalue weighted by Gasteiger charge is -2.29.